The molecule has 1 N–H and O–H groups in total. The van der Waals surface area contributed by atoms with Gasteiger partial charge in [0.1, 0.15) is 5.60 Å². The average molecular weight is 233 g/mol. The molecule has 0 unspecified atom stereocenters. The van der Waals surface area contributed by atoms with Crippen molar-refractivity contribution in [2.75, 3.05) is 0 Å². The predicted molar refractivity (Wildman–Crippen MR) is 57.1 cm³/mol. The molecule has 0 radical (unpaired) electrons. The Morgan fingerprint density at radius 3 is 2.36 bits per heavy atom. The van der Waals surface area contributed by atoms with Crippen LogP contribution in [0.25, 0.3) is 0 Å². The van der Waals surface area contributed by atoms with Crippen LogP contribution in [0.2, 0.25) is 10.0 Å². The number of Topliss-reactive ketones (excluding diaryl/α,β-unsaturated/α-hetero) is 1. The van der Waals surface area contributed by atoms with E-state index in [1.165, 1.54) is 26.0 Å². The van der Waals surface area contributed by atoms with Crippen LogP contribution in [0.4, 0.5) is 0 Å². The molecule has 2 nitrogen and oxygen atoms in total. The second kappa shape index (κ2) is 3.89. The van der Waals surface area contributed by atoms with Crippen LogP contribution in [0.1, 0.15) is 24.2 Å². The van der Waals surface area contributed by atoms with E-state index in [1.54, 1.807) is 6.07 Å². The first kappa shape index (κ1) is 11.5. The summed E-state index contributed by atoms with van der Waals surface area (Å²) >= 11 is 11.5. The number of carbonyl (C=O) groups is 1. The Morgan fingerprint density at radius 2 is 1.93 bits per heavy atom. The minimum atomic E-state index is -1.42. The Kier molecular flexibility index (Phi) is 3.20. The van der Waals surface area contributed by atoms with E-state index in [4.69, 9.17) is 23.2 Å². The molecule has 1 aromatic carbocycles. The minimum Gasteiger partial charge on any atom is -0.382 e. The van der Waals surface area contributed by atoms with Gasteiger partial charge in [-0.25, -0.2) is 0 Å². The lowest BCUT2D eigenvalue weighted by Gasteiger charge is -2.16. The van der Waals surface area contributed by atoms with Gasteiger partial charge in [-0.2, -0.15) is 0 Å². The van der Waals surface area contributed by atoms with E-state index >= 15 is 0 Å². The van der Waals surface area contributed by atoms with Crippen molar-refractivity contribution in [2.24, 2.45) is 0 Å². The van der Waals surface area contributed by atoms with Gasteiger partial charge in [0.05, 0.1) is 5.02 Å². The molecule has 0 bridgehead atoms. The topological polar surface area (TPSA) is 37.3 Å². The molecule has 0 aliphatic rings. The monoisotopic (exact) mass is 232 g/mol. The Hall–Kier alpha value is -0.570. The largest absolute Gasteiger partial charge is 0.382 e. The predicted octanol–water partition coefficient (Wildman–Crippen LogP) is 2.95. The van der Waals surface area contributed by atoms with Crippen LogP contribution in [0.3, 0.4) is 0 Å². The summed E-state index contributed by atoms with van der Waals surface area (Å²) in [5.74, 6) is -0.417. The molecule has 14 heavy (non-hydrogen) atoms. The van der Waals surface area contributed by atoms with E-state index in [-0.39, 0.29) is 10.6 Å². The van der Waals surface area contributed by atoms with E-state index in [1.807, 2.05) is 0 Å². The molecule has 0 fully saturated rings. The molecular weight excluding hydrogens is 223 g/mol. The smallest absolute Gasteiger partial charge is 0.195 e. The van der Waals surface area contributed by atoms with E-state index in [0.717, 1.165) is 0 Å². The zero-order valence-electron chi connectivity index (χ0n) is 7.84. The van der Waals surface area contributed by atoms with E-state index in [9.17, 15) is 9.90 Å². The van der Waals surface area contributed by atoms with Gasteiger partial charge in [0.15, 0.2) is 5.78 Å². The summed E-state index contributed by atoms with van der Waals surface area (Å²) in [7, 11) is 0. The first-order chi connectivity index (χ1) is 6.32. The molecule has 0 aliphatic carbocycles. The molecule has 0 atom stereocenters. The van der Waals surface area contributed by atoms with Crippen molar-refractivity contribution < 1.29 is 9.90 Å². The molecule has 0 saturated carbocycles. The number of hydrogen-bond donors (Lipinski definition) is 1. The van der Waals surface area contributed by atoms with Gasteiger partial charge in [-0.05, 0) is 32.0 Å². The fourth-order valence-electron chi connectivity index (χ4n) is 1.00. The van der Waals surface area contributed by atoms with Crippen LogP contribution in [-0.4, -0.2) is 16.5 Å². The molecule has 1 rings (SSSR count). The van der Waals surface area contributed by atoms with Gasteiger partial charge in [-0.3, -0.25) is 4.79 Å². The Labute approximate surface area is 92.5 Å². The molecule has 0 heterocycles. The van der Waals surface area contributed by atoms with Crippen molar-refractivity contribution in [1.82, 2.24) is 0 Å². The SMILES string of the molecule is CC(C)(O)C(=O)c1ccc(Cl)cc1Cl. The number of carbonyl (C=O) groups excluding carboxylic acids is 1. The molecular formula is C10H10Cl2O2. The number of halogens is 2. The zero-order valence-corrected chi connectivity index (χ0v) is 9.36. The highest BCUT2D eigenvalue weighted by Crippen LogP contribution is 2.24. The van der Waals surface area contributed by atoms with Gasteiger partial charge in [0, 0.05) is 10.6 Å². The number of ketones is 1. The molecule has 4 heteroatoms. The van der Waals surface area contributed by atoms with Crippen molar-refractivity contribution in [3.05, 3.63) is 33.8 Å². The van der Waals surface area contributed by atoms with E-state index in [2.05, 4.69) is 0 Å². The van der Waals surface area contributed by atoms with Crippen molar-refractivity contribution in [1.29, 1.82) is 0 Å². The standard InChI is InChI=1S/C10H10Cl2O2/c1-10(2,14)9(13)7-4-3-6(11)5-8(7)12/h3-5,14H,1-2H3. The van der Waals surface area contributed by atoms with Crippen molar-refractivity contribution in [3.63, 3.8) is 0 Å². The van der Waals surface area contributed by atoms with Crippen molar-refractivity contribution in [2.45, 2.75) is 19.4 Å². The van der Waals surface area contributed by atoms with Crippen LogP contribution in [-0.2, 0) is 0 Å². The number of aliphatic hydroxyl groups is 1. The first-order valence-electron chi connectivity index (χ1n) is 4.04. The summed E-state index contributed by atoms with van der Waals surface area (Å²) in [6.45, 7) is 2.83. The second-order valence-electron chi connectivity index (χ2n) is 3.51. The molecule has 1 aromatic rings. The second-order valence-corrected chi connectivity index (χ2v) is 4.36. The van der Waals surface area contributed by atoms with E-state index in [0.29, 0.717) is 5.02 Å². The van der Waals surface area contributed by atoms with Crippen LogP contribution in [0.5, 0.6) is 0 Å². The highest BCUT2D eigenvalue weighted by molar-refractivity contribution is 6.37. The third-order valence-corrected chi connectivity index (χ3v) is 2.28. The maximum atomic E-state index is 11.6. The Balaban J connectivity index is 3.15. The quantitative estimate of drug-likeness (QED) is 0.797. The summed E-state index contributed by atoms with van der Waals surface area (Å²) in [6.07, 6.45) is 0. The van der Waals surface area contributed by atoms with Crippen LogP contribution in [0, 0.1) is 0 Å². The lowest BCUT2D eigenvalue weighted by Crippen LogP contribution is -2.31. The van der Waals surface area contributed by atoms with Gasteiger partial charge < -0.3 is 5.11 Å². The van der Waals surface area contributed by atoms with Gasteiger partial charge >= 0.3 is 0 Å². The highest BCUT2D eigenvalue weighted by atomic mass is 35.5. The minimum absolute atomic E-state index is 0.254. The lowest BCUT2D eigenvalue weighted by molar-refractivity contribution is 0.0488. The van der Waals surface area contributed by atoms with Gasteiger partial charge in [0.25, 0.3) is 0 Å². The lowest BCUT2D eigenvalue weighted by atomic mass is 9.97. The molecule has 0 saturated heterocycles. The third kappa shape index (κ3) is 2.47. The maximum Gasteiger partial charge on any atom is 0.195 e. The van der Waals surface area contributed by atoms with Crippen LogP contribution < -0.4 is 0 Å². The molecule has 0 aromatic heterocycles. The molecule has 0 spiro atoms. The van der Waals surface area contributed by atoms with Gasteiger partial charge in [-0.15, -0.1) is 0 Å². The Bertz CT molecular complexity index is 367. The fraction of sp³-hybridized carbons (Fsp3) is 0.300. The van der Waals surface area contributed by atoms with Crippen molar-refractivity contribution in [3.8, 4) is 0 Å². The van der Waals surface area contributed by atoms with Gasteiger partial charge in [0.2, 0.25) is 0 Å². The number of benzene rings is 1. The summed E-state index contributed by atoms with van der Waals surface area (Å²) < 4.78 is 0. The third-order valence-electron chi connectivity index (χ3n) is 1.73. The number of rotatable bonds is 2. The maximum absolute atomic E-state index is 11.6. The molecule has 0 aliphatic heterocycles. The van der Waals surface area contributed by atoms with Crippen LogP contribution in [0.15, 0.2) is 18.2 Å². The zero-order chi connectivity index (χ0) is 10.9. The Morgan fingerprint density at radius 1 is 1.36 bits per heavy atom. The van der Waals surface area contributed by atoms with Gasteiger partial charge in [-0.1, -0.05) is 23.2 Å². The molecule has 76 valence electrons. The van der Waals surface area contributed by atoms with Crippen LogP contribution >= 0.6 is 23.2 Å². The summed E-state index contributed by atoms with van der Waals surface area (Å²) in [5.41, 5.74) is -1.14. The summed E-state index contributed by atoms with van der Waals surface area (Å²) in [6, 6.07) is 4.54. The summed E-state index contributed by atoms with van der Waals surface area (Å²) in [5, 5.41) is 10.2. The highest BCUT2D eigenvalue weighted by Gasteiger charge is 2.26. The fourth-order valence-corrected chi connectivity index (χ4v) is 1.50. The number of hydrogen-bond acceptors (Lipinski definition) is 2. The van der Waals surface area contributed by atoms with E-state index < -0.39 is 11.4 Å². The average Bonchev–Trinajstić information content (AvgIpc) is 2.01. The van der Waals surface area contributed by atoms with Crippen molar-refractivity contribution >= 4 is 29.0 Å². The normalized spacial score (nSPS) is 11.5. The first-order valence-corrected chi connectivity index (χ1v) is 4.80. The summed E-state index contributed by atoms with van der Waals surface area (Å²) in [4.78, 5) is 11.6. The molecule has 0 amide bonds.